The third kappa shape index (κ3) is 10.1. The number of rotatable bonds is 12. The van der Waals surface area contributed by atoms with Gasteiger partial charge in [0.15, 0.2) is 0 Å². The first-order valence-electron chi connectivity index (χ1n) is 12.2. The molecule has 1 rings (SSSR count). The van der Waals surface area contributed by atoms with Crippen LogP contribution in [0.4, 0.5) is 4.79 Å². The van der Waals surface area contributed by atoms with Gasteiger partial charge in [0.2, 0.25) is 11.8 Å². The maximum absolute atomic E-state index is 13.8. The molecule has 0 aliphatic heterocycles. The second-order valence-electron chi connectivity index (χ2n) is 9.66. The number of thiol groups is 1. The Morgan fingerprint density at radius 2 is 1.75 bits per heavy atom. The van der Waals surface area contributed by atoms with Gasteiger partial charge < -0.3 is 25.0 Å². The number of alkyl carbamates (subject to hydrolysis) is 1. The van der Waals surface area contributed by atoms with Crippen LogP contribution in [0.1, 0.15) is 69.7 Å². The van der Waals surface area contributed by atoms with E-state index >= 15 is 0 Å². The van der Waals surface area contributed by atoms with Gasteiger partial charge in [-0.15, -0.1) is 0 Å². The molecule has 2 N–H and O–H groups in total. The van der Waals surface area contributed by atoms with Crippen LogP contribution in [0.15, 0.2) is 18.2 Å². The standard InChI is InChI=1S/C26H41N3O6S/c1-8-9-10-13-29(24(32)20(16-36)28-25(33)35-26(4,5)6)22(23(31)27-15-21(30)34-7)19-12-11-17(2)18(3)14-19/h11-12,14,20,22,36H,8-10,13,15-16H2,1-7H3,(H,27,31)(H,28,33). The molecule has 1 aromatic rings. The van der Waals surface area contributed by atoms with Crippen LogP contribution in [0.25, 0.3) is 0 Å². The van der Waals surface area contributed by atoms with E-state index in [2.05, 4.69) is 28.0 Å². The highest BCUT2D eigenvalue weighted by atomic mass is 32.1. The van der Waals surface area contributed by atoms with E-state index < -0.39 is 41.6 Å². The summed E-state index contributed by atoms with van der Waals surface area (Å²) in [6, 6.07) is 3.49. The normalized spacial score (nSPS) is 12.8. The molecule has 3 amide bonds. The van der Waals surface area contributed by atoms with E-state index in [4.69, 9.17) is 4.74 Å². The van der Waals surface area contributed by atoms with Crippen molar-refractivity contribution in [1.82, 2.24) is 15.5 Å². The molecule has 0 aliphatic carbocycles. The second-order valence-corrected chi connectivity index (χ2v) is 10.0. The molecule has 2 atom stereocenters. The SMILES string of the molecule is CCCCCN(C(=O)C(CS)NC(=O)OC(C)(C)C)C(C(=O)NCC(=O)OC)c1ccc(C)c(C)c1. The van der Waals surface area contributed by atoms with Gasteiger partial charge in [0.25, 0.3) is 0 Å². The highest BCUT2D eigenvalue weighted by molar-refractivity contribution is 7.80. The van der Waals surface area contributed by atoms with E-state index in [1.807, 2.05) is 32.9 Å². The number of unbranched alkanes of at least 4 members (excludes halogenated alkanes) is 2. The van der Waals surface area contributed by atoms with Gasteiger partial charge in [0.05, 0.1) is 7.11 Å². The predicted octanol–water partition coefficient (Wildman–Crippen LogP) is 3.48. The summed E-state index contributed by atoms with van der Waals surface area (Å²) in [6.07, 6.45) is 1.66. The molecule has 0 aliphatic rings. The molecule has 36 heavy (non-hydrogen) atoms. The summed E-state index contributed by atoms with van der Waals surface area (Å²) in [5.74, 6) is -1.59. The molecule has 1 aromatic carbocycles. The van der Waals surface area contributed by atoms with E-state index in [0.29, 0.717) is 12.0 Å². The van der Waals surface area contributed by atoms with Crippen LogP contribution in [0, 0.1) is 13.8 Å². The fourth-order valence-corrected chi connectivity index (χ4v) is 3.72. The largest absolute Gasteiger partial charge is 0.468 e. The van der Waals surface area contributed by atoms with Crippen LogP contribution in [-0.4, -0.2) is 66.4 Å². The number of nitrogens with zero attached hydrogens (tertiary/aromatic N) is 1. The summed E-state index contributed by atoms with van der Waals surface area (Å²) < 4.78 is 9.95. The molecule has 10 heteroatoms. The number of esters is 1. The van der Waals surface area contributed by atoms with Crippen molar-refractivity contribution in [3.05, 3.63) is 34.9 Å². The third-order valence-electron chi connectivity index (χ3n) is 5.50. The lowest BCUT2D eigenvalue weighted by Crippen LogP contribution is -2.54. The zero-order valence-electron chi connectivity index (χ0n) is 22.5. The Hall–Kier alpha value is -2.75. The Kier molecular flexibility index (Phi) is 12.8. The van der Waals surface area contributed by atoms with Crippen LogP contribution in [-0.2, 0) is 23.9 Å². The monoisotopic (exact) mass is 523 g/mol. The number of carbonyl (C=O) groups excluding carboxylic acids is 4. The molecule has 0 heterocycles. The number of hydrogen-bond acceptors (Lipinski definition) is 7. The summed E-state index contributed by atoms with van der Waals surface area (Å²) in [6.45, 7) is 11.0. The first kappa shape index (κ1) is 31.3. The van der Waals surface area contributed by atoms with Crippen LogP contribution in [0.5, 0.6) is 0 Å². The highest BCUT2D eigenvalue weighted by Crippen LogP contribution is 2.25. The Morgan fingerprint density at radius 3 is 2.28 bits per heavy atom. The number of amides is 3. The van der Waals surface area contributed by atoms with Gasteiger partial charge in [0, 0.05) is 12.3 Å². The molecule has 0 aromatic heterocycles. The molecule has 2 unspecified atom stereocenters. The average Bonchev–Trinajstić information content (AvgIpc) is 2.80. The van der Waals surface area contributed by atoms with Crippen molar-refractivity contribution < 1.29 is 28.7 Å². The number of nitrogens with one attached hydrogen (secondary N) is 2. The number of methoxy groups -OCH3 is 1. The fraction of sp³-hybridized carbons (Fsp3) is 0.615. The molecule has 0 fully saturated rings. The number of carbonyl (C=O) groups is 4. The lowest BCUT2D eigenvalue weighted by Gasteiger charge is -2.34. The molecule has 9 nitrogen and oxygen atoms in total. The lowest BCUT2D eigenvalue weighted by molar-refractivity contribution is -0.144. The maximum Gasteiger partial charge on any atom is 0.408 e. The van der Waals surface area contributed by atoms with Crippen LogP contribution in [0.2, 0.25) is 0 Å². The number of ether oxygens (including phenoxy) is 2. The van der Waals surface area contributed by atoms with E-state index in [9.17, 15) is 19.2 Å². The van der Waals surface area contributed by atoms with Gasteiger partial charge in [-0.2, -0.15) is 12.6 Å². The number of aryl methyl sites for hydroxylation is 2. The van der Waals surface area contributed by atoms with E-state index in [1.54, 1.807) is 26.8 Å². The van der Waals surface area contributed by atoms with Gasteiger partial charge in [-0.1, -0.05) is 38.0 Å². The van der Waals surface area contributed by atoms with Crippen molar-refractivity contribution in [1.29, 1.82) is 0 Å². The second kappa shape index (κ2) is 14.7. The highest BCUT2D eigenvalue weighted by Gasteiger charge is 2.36. The van der Waals surface area contributed by atoms with Crippen molar-refractivity contribution in [3.63, 3.8) is 0 Å². The molecule has 0 radical (unpaired) electrons. The van der Waals surface area contributed by atoms with Crippen molar-refractivity contribution in [2.75, 3.05) is 26.0 Å². The number of benzene rings is 1. The topological polar surface area (TPSA) is 114 Å². The molecule has 202 valence electrons. The minimum absolute atomic E-state index is 0.00573. The Morgan fingerprint density at radius 1 is 1.08 bits per heavy atom. The van der Waals surface area contributed by atoms with Crippen molar-refractivity contribution in [2.24, 2.45) is 0 Å². The predicted molar refractivity (Wildman–Crippen MR) is 142 cm³/mol. The Labute approximate surface area is 220 Å². The zero-order valence-corrected chi connectivity index (χ0v) is 23.4. The summed E-state index contributed by atoms with van der Waals surface area (Å²) >= 11 is 4.28. The number of hydrogen-bond donors (Lipinski definition) is 3. The first-order chi connectivity index (χ1) is 16.8. The van der Waals surface area contributed by atoms with Crippen LogP contribution >= 0.6 is 12.6 Å². The minimum atomic E-state index is -1.03. The van der Waals surface area contributed by atoms with Crippen LogP contribution in [0.3, 0.4) is 0 Å². The molecule has 0 saturated heterocycles. The average molecular weight is 524 g/mol. The first-order valence-corrected chi connectivity index (χ1v) is 12.8. The molecular weight excluding hydrogens is 482 g/mol. The van der Waals surface area contributed by atoms with E-state index in [-0.39, 0.29) is 18.8 Å². The molecule has 0 spiro atoms. The summed E-state index contributed by atoms with van der Waals surface area (Å²) in [5, 5.41) is 5.17. The molecule has 0 saturated carbocycles. The van der Waals surface area contributed by atoms with Gasteiger partial charge in [-0.05, 0) is 57.7 Å². The maximum atomic E-state index is 13.8. The van der Waals surface area contributed by atoms with Gasteiger partial charge in [0.1, 0.15) is 24.2 Å². The van der Waals surface area contributed by atoms with Gasteiger partial charge >= 0.3 is 12.1 Å². The van der Waals surface area contributed by atoms with Gasteiger partial charge in [-0.25, -0.2) is 4.79 Å². The van der Waals surface area contributed by atoms with Crippen molar-refractivity contribution in [2.45, 2.75) is 78.5 Å². The molecule has 0 bridgehead atoms. The quantitative estimate of drug-likeness (QED) is 0.220. The fourth-order valence-electron chi connectivity index (χ4n) is 3.47. The van der Waals surface area contributed by atoms with Crippen molar-refractivity contribution >= 4 is 36.5 Å². The summed E-state index contributed by atoms with van der Waals surface area (Å²) in [4.78, 5) is 52.7. The zero-order chi connectivity index (χ0) is 27.5. The van der Waals surface area contributed by atoms with Crippen LogP contribution < -0.4 is 10.6 Å². The smallest absolute Gasteiger partial charge is 0.408 e. The lowest BCUT2D eigenvalue weighted by atomic mass is 9.98. The summed E-state index contributed by atoms with van der Waals surface area (Å²) in [5.41, 5.74) is 1.85. The molecular formula is C26H41N3O6S. The van der Waals surface area contributed by atoms with Gasteiger partial charge in [-0.3, -0.25) is 14.4 Å². The van der Waals surface area contributed by atoms with Crippen molar-refractivity contribution in [3.8, 4) is 0 Å². The van der Waals surface area contributed by atoms with E-state index in [0.717, 1.165) is 24.0 Å². The Bertz CT molecular complexity index is 915. The Balaban J connectivity index is 3.43. The van der Waals surface area contributed by atoms with E-state index in [1.165, 1.54) is 12.0 Å². The summed E-state index contributed by atoms with van der Waals surface area (Å²) in [7, 11) is 1.23. The minimum Gasteiger partial charge on any atom is -0.468 e. The third-order valence-corrected chi connectivity index (χ3v) is 5.86.